The Hall–Kier alpha value is -2.54. The Morgan fingerprint density at radius 1 is 1.08 bits per heavy atom. The second-order valence-corrected chi connectivity index (χ2v) is 8.32. The lowest BCUT2D eigenvalue weighted by atomic mass is 10.2. The van der Waals surface area contributed by atoms with E-state index in [9.17, 15) is 13.2 Å². The van der Waals surface area contributed by atoms with Gasteiger partial charge in [-0.25, -0.2) is 8.42 Å². The number of rotatable bonds is 6. The van der Waals surface area contributed by atoms with E-state index in [0.29, 0.717) is 23.6 Å². The predicted molar refractivity (Wildman–Crippen MR) is 99.5 cm³/mol. The molecular formula is C19H21NO5S. The van der Waals surface area contributed by atoms with Crippen LogP contribution in [0.1, 0.15) is 6.42 Å². The molecule has 1 saturated heterocycles. The van der Waals surface area contributed by atoms with Gasteiger partial charge in [-0.1, -0.05) is 30.3 Å². The molecule has 3 rings (SSSR count). The maximum atomic E-state index is 12.9. The molecule has 26 heavy (non-hydrogen) atoms. The molecule has 138 valence electrons. The van der Waals surface area contributed by atoms with Crippen molar-refractivity contribution in [3.63, 3.8) is 0 Å². The lowest BCUT2D eigenvalue weighted by Crippen LogP contribution is -2.43. The number of carbonyl (C=O) groups is 1. The summed E-state index contributed by atoms with van der Waals surface area (Å²) in [4.78, 5) is 14.4. The van der Waals surface area contributed by atoms with Crippen LogP contribution in [0, 0.1) is 0 Å². The van der Waals surface area contributed by atoms with Gasteiger partial charge in [0.05, 0.1) is 24.7 Å². The Kier molecular flexibility index (Phi) is 5.46. The summed E-state index contributed by atoms with van der Waals surface area (Å²) in [6.45, 7) is -0.203. The molecule has 1 heterocycles. The predicted octanol–water partition coefficient (Wildman–Crippen LogP) is 2.29. The van der Waals surface area contributed by atoms with Gasteiger partial charge in [0.2, 0.25) is 0 Å². The van der Waals surface area contributed by atoms with Crippen LogP contribution in [0.4, 0.5) is 5.69 Å². The second-order valence-electron chi connectivity index (χ2n) is 6.10. The maximum Gasteiger partial charge on any atom is 0.265 e. The first-order chi connectivity index (χ1) is 12.5. The number of hydrogen-bond donors (Lipinski definition) is 0. The van der Waals surface area contributed by atoms with Crippen LogP contribution >= 0.6 is 0 Å². The molecule has 1 atom stereocenters. The lowest BCUT2D eigenvalue weighted by Gasteiger charge is -2.28. The summed E-state index contributed by atoms with van der Waals surface area (Å²) >= 11 is 0. The van der Waals surface area contributed by atoms with Crippen LogP contribution < -0.4 is 14.4 Å². The topological polar surface area (TPSA) is 72.9 Å². The third-order valence-corrected chi connectivity index (χ3v) is 6.05. The molecule has 0 aliphatic carbocycles. The minimum Gasteiger partial charge on any atom is -0.493 e. The van der Waals surface area contributed by atoms with Gasteiger partial charge in [-0.3, -0.25) is 4.79 Å². The average molecular weight is 375 g/mol. The van der Waals surface area contributed by atoms with E-state index in [1.165, 1.54) is 7.11 Å². The Morgan fingerprint density at radius 3 is 2.35 bits per heavy atom. The zero-order valence-electron chi connectivity index (χ0n) is 14.5. The normalized spacial score (nSPS) is 18.3. The van der Waals surface area contributed by atoms with Crippen molar-refractivity contribution in [3.05, 3.63) is 54.6 Å². The molecular weight excluding hydrogens is 354 g/mol. The number of anilines is 1. The molecule has 0 aromatic heterocycles. The molecule has 1 aliphatic heterocycles. The molecule has 6 nitrogen and oxygen atoms in total. The number of ether oxygens (including phenoxy) is 2. The molecule has 0 spiro atoms. The van der Waals surface area contributed by atoms with E-state index in [0.717, 1.165) is 0 Å². The van der Waals surface area contributed by atoms with E-state index in [-0.39, 0.29) is 30.1 Å². The van der Waals surface area contributed by atoms with Crippen LogP contribution in [0.15, 0.2) is 54.6 Å². The zero-order chi connectivity index (χ0) is 18.6. The van der Waals surface area contributed by atoms with Crippen LogP contribution in [0.2, 0.25) is 0 Å². The minimum atomic E-state index is -3.11. The van der Waals surface area contributed by atoms with Crippen molar-refractivity contribution < 1.29 is 22.7 Å². The monoisotopic (exact) mass is 375 g/mol. The van der Waals surface area contributed by atoms with Gasteiger partial charge in [0, 0.05) is 5.69 Å². The van der Waals surface area contributed by atoms with Gasteiger partial charge in [0.1, 0.15) is 0 Å². The van der Waals surface area contributed by atoms with Crippen molar-refractivity contribution >= 4 is 21.4 Å². The largest absolute Gasteiger partial charge is 0.493 e. The maximum absolute atomic E-state index is 12.9. The number of amides is 1. The molecule has 0 bridgehead atoms. The van der Waals surface area contributed by atoms with Crippen LogP contribution in [-0.2, 0) is 14.6 Å². The summed E-state index contributed by atoms with van der Waals surface area (Å²) in [7, 11) is -1.58. The van der Waals surface area contributed by atoms with Crippen molar-refractivity contribution in [1.82, 2.24) is 0 Å². The first-order valence-corrected chi connectivity index (χ1v) is 10.2. The highest BCUT2D eigenvalue weighted by atomic mass is 32.2. The van der Waals surface area contributed by atoms with Crippen LogP contribution in [0.5, 0.6) is 11.5 Å². The number of hydrogen-bond acceptors (Lipinski definition) is 5. The Bertz CT molecular complexity index is 867. The second kappa shape index (κ2) is 7.78. The lowest BCUT2D eigenvalue weighted by molar-refractivity contribution is -0.121. The molecule has 2 aromatic rings. The van der Waals surface area contributed by atoms with E-state index in [4.69, 9.17) is 9.47 Å². The SMILES string of the molecule is COc1ccccc1OCC(=O)N(c1ccccc1)[C@@H]1CCS(=O)(=O)C1. The number of para-hydroxylation sites is 3. The zero-order valence-corrected chi connectivity index (χ0v) is 15.3. The third kappa shape index (κ3) is 4.16. The van der Waals surface area contributed by atoms with Crippen molar-refractivity contribution in [3.8, 4) is 11.5 Å². The van der Waals surface area contributed by atoms with Gasteiger partial charge in [0.15, 0.2) is 27.9 Å². The summed E-state index contributed by atoms with van der Waals surface area (Å²) in [5, 5.41) is 0. The minimum absolute atomic E-state index is 0.0255. The van der Waals surface area contributed by atoms with E-state index in [2.05, 4.69) is 0 Å². The Balaban J connectivity index is 1.79. The highest BCUT2D eigenvalue weighted by Crippen LogP contribution is 2.27. The molecule has 1 amide bonds. The number of methoxy groups -OCH3 is 1. The molecule has 0 radical (unpaired) electrons. The highest BCUT2D eigenvalue weighted by molar-refractivity contribution is 7.91. The van der Waals surface area contributed by atoms with Crippen molar-refractivity contribution in [1.29, 1.82) is 0 Å². The first-order valence-electron chi connectivity index (χ1n) is 8.33. The van der Waals surface area contributed by atoms with E-state index in [1.54, 1.807) is 35.2 Å². The van der Waals surface area contributed by atoms with Crippen LogP contribution in [-0.4, -0.2) is 45.6 Å². The van der Waals surface area contributed by atoms with Gasteiger partial charge in [-0.05, 0) is 30.7 Å². The van der Waals surface area contributed by atoms with Crippen LogP contribution in [0.3, 0.4) is 0 Å². The summed E-state index contributed by atoms with van der Waals surface area (Å²) in [5.41, 5.74) is 0.670. The molecule has 0 saturated carbocycles. The van der Waals surface area contributed by atoms with E-state index in [1.807, 2.05) is 24.3 Å². The van der Waals surface area contributed by atoms with Crippen molar-refractivity contribution in [2.75, 3.05) is 30.1 Å². The molecule has 0 unspecified atom stereocenters. The number of sulfone groups is 1. The summed E-state index contributed by atoms with van der Waals surface area (Å²) < 4.78 is 34.6. The van der Waals surface area contributed by atoms with Crippen LogP contribution in [0.25, 0.3) is 0 Å². The van der Waals surface area contributed by atoms with Crippen molar-refractivity contribution in [2.45, 2.75) is 12.5 Å². The van der Waals surface area contributed by atoms with Crippen molar-refractivity contribution in [2.24, 2.45) is 0 Å². The Labute approximate surface area is 153 Å². The van der Waals surface area contributed by atoms with Gasteiger partial charge in [-0.15, -0.1) is 0 Å². The smallest absolute Gasteiger partial charge is 0.265 e. The first kappa shape index (κ1) is 18.3. The quantitative estimate of drug-likeness (QED) is 0.775. The highest BCUT2D eigenvalue weighted by Gasteiger charge is 2.35. The molecule has 0 N–H and O–H groups in total. The fourth-order valence-corrected chi connectivity index (χ4v) is 4.77. The average Bonchev–Trinajstić information content (AvgIpc) is 3.00. The summed E-state index contributed by atoms with van der Waals surface area (Å²) in [6, 6.07) is 15.8. The standard InChI is InChI=1S/C19H21NO5S/c1-24-17-9-5-6-10-18(17)25-13-19(21)20(15-7-3-2-4-8-15)16-11-12-26(22,23)14-16/h2-10,16H,11-14H2,1H3/t16-/m1/s1. The van der Waals surface area contributed by atoms with E-state index < -0.39 is 9.84 Å². The third-order valence-electron chi connectivity index (χ3n) is 4.30. The number of benzene rings is 2. The van der Waals surface area contributed by atoms with E-state index >= 15 is 0 Å². The van der Waals surface area contributed by atoms with Gasteiger partial charge < -0.3 is 14.4 Å². The number of carbonyl (C=O) groups excluding carboxylic acids is 1. The van der Waals surface area contributed by atoms with Gasteiger partial charge in [0.25, 0.3) is 5.91 Å². The molecule has 7 heteroatoms. The Morgan fingerprint density at radius 2 is 1.73 bits per heavy atom. The fourth-order valence-electron chi connectivity index (χ4n) is 3.07. The number of nitrogens with zero attached hydrogens (tertiary/aromatic N) is 1. The molecule has 2 aromatic carbocycles. The molecule has 1 aliphatic rings. The van der Waals surface area contributed by atoms with Gasteiger partial charge in [-0.2, -0.15) is 0 Å². The fraction of sp³-hybridized carbons (Fsp3) is 0.316. The summed E-state index contributed by atoms with van der Waals surface area (Å²) in [6.07, 6.45) is 0.428. The van der Waals surface area contributed by atoms with Gasteiger partial charge >= 0.3 is 0 Å². The summed E-state index contributed by atoms with van der Waals surface area (Å²) in [5.74, 6) is 0.791. The molecule has 1 fully saturated rings.